The lowest BCUT2D eigenvalue weighted by Gasteiger charge is -2.20. The van der Waals surface area contributed by atoms with Crippen molar-refractivity contribution in [1.29, 1.82) is 0 Å². The highest BCUT2D eigenvalue weighted by molar-refractivity contribution is 5.79. The van der Waals surface area contributed by atoms with Crippen LogP contribution in [0.5, 0.6) is 5.75 Å². The van der Waals surface area contributed by atoms with Gasteiger partial charge in [-0.3, -0.25) is 9.36 Å². The molecule has 0 saturated heterocycles. The van der Waals surface area contributed by atoms with E-state index in [9.17, 15) is 9.18 Å². The summed E-state index contributed by atoms with van der Waals surface area (Å²) in [6.45, 7) is 1.01. The Balaban J connectivity index is 1.47. The van der Waals surface area contributed by atoms with Crippen molar-refractivity contribution in [3.05, 3.63) is 72.1 Å². The van der Waals surface area contributed by atoms with Crippen LogP contribution in [0.25, 0.3) is 5.69 Å². The molecule has 0 bridgehead atoms. The van der Waals surface area contributed by atoms with Gasteiger partial charge in [0, 0.05) is 11.3 Å². The van der Waals surface area contributed by atoms with Gasteiger partial charge in [-0.15, -0.1) is 10.2 Å². The second-order valence-corrected chi connectivity index (χ2v) is 6.09. The van der Waals surface area contributed by atoms with Gasteiger partial charge >= 0.3 is 0 Å². The Bertz CT molecular complexity index is 910. The summed E-state index contributed by atoms with van der Waals surface area (Å²) in [4.78, 5) is 14.3. The van der Waals surface area contributed by atoms with Crippen LogP contribution in [0, 0.1) is 5.82 Å². The van der Waals surface area contributed by atoms with Gasteiger partial charge in [0.15, 0.2) is 0 Å². The van der Waals surface area contributed by atoms with Gasteiger partial charge in [-0.25, -0.2) is 4.39 Å². The summed E-state index contributed by atoms with van der Waals surface area (Å²) in [5, 5.41) is 7.55. The van der Waals surface area contributed by atoms with Gasteiger partial charge in [0.2, 0.25) is 5.91 Å². The maximum absolute atomic E-state index is 14.1. The van der Waals surface area contributed by atoms with Crippen LogP contribution in [0.4, 0.5) is 4.39 Å². The standard InChI is InChI=1S/C19H17FN4O2/c20-17-2-1-3-18-16(17)11-23(8-9-26-18)19(25)10-14-4-6-15(7-5-14)24-12-21-22-13-24/h1-7,12-13H,8-11H2. The molecule has 0 atom stereocenters. The van der Waals surface area contributed by atoms with E-state index >= 15 is 0 Å². The number of aromatic nitrogens is 3. The van der Waals surface area contributed by atoms with E-state index < -0.39 is 0 Å². The van der Waals surface area contributed by atoms with Crippen molar-refractivity contribution in [2.24, 2.45) is 0 Å². The number of carbonyl (C=O) groups is 1. The number of rotatable bonds is 3. The zero-order chi connectivity index (χ0) is 17.9. The largest absolute Gasteiger partial charge is 0.491 e. The van der Waals surface area contributed by atoms with Crippen LogP contribution in [0.15, 0.2) is 55.1 Å². The second-order valence-electron chi connectivity index (χ2n) is 6.09. The molecular formula is C19H17FN4O2. The molecular weight excluding hydrogens is 335 g/mol. The van der Waals surface area contributed by atoms with Crippen molar-refractivity contribution in [1.82, 2.24) is 19.7 Å². The van der Waals surface area contributed by atoms with Crippen LogP contribution in [-0.4, -0.2) is 38.7 Å². The highest BCUT2D eigenvalue weighted by Gasteiger charge is 2.22. The number of ether oxygens (including phenoxy) is 1. The topological polar surface area (TPSA) is 60.2 Å². The van der Waals surface area contributed by atoms with Crippen molar-refractivity contribution >= 4 is 5.91 Å². The molecule has 0 unspecified atom stereocenters. The zero-order valence-electron chi connectivity index (χ0n) is 14.0. The Kier molecular flexibility index (Phi) is 4.35. The first kappa shape index (κ1) is 16.3. The smallest absolute Gasteiger partial charge is 0.227 e. The Morgan fingerprint density at radius 1 is 1.12 bits per heavy atom. The number of benzene rings is 2. The first-order valence-corrected chi connectivity index (χ1v) is 8.32. The van der Waals surface area contributed by atoms with Gasteiger partial charge in [0.05, 0.1) is 19.5 Å². The molecule has 3 aromatic rings. The molecule has 1 amide bonds. The highest BCUT2D eigenvalue weighted by Crippen LogP contribution is 2.25. The molecule has 1 aliphatic rings. The molecule has 1 aliphatic heterocycles. The van der Waals surface area contributed by atoms with Gasteiger partial charge in [-0.1, -0.05) is 18.2 Å². The minimum atomic E-state index is -0.347. The highest BCUT2D eigenvalue weighted by atomic mass is 19.1. The summed E-state index contributed by atoms with van der Waals surface area (Å²) in [6, 6.07) is 12.4. The molecule has 0 fully saturated rings. The van der Waals surface area contributed by atoms with Crippen molar-refractivity contribution in [3.63, 3.8) is 0 Å². The predicted octanol–water partition coefficient (Wildman–Crippen LogP) is 2.37. The van der Waals surface area contributed by atoms with E-state index in [0.29, 0.717) is 24.5 Å². The third-order valence-corrected chi connectivity index (χ3v) is 4.40. The SMILES string of the molecule is O=C(Cc1ccc(-n2cnnc2)cc1)N1CCOc2cccc(F)c2C1. The Hall–Kier alpha value is -3.22. The first-order valence-electron chi connectivity index (χ1n) is 8.32. The predicted molar refractivity (Wildman–Crippen MR) is 92.4 cm³/mol. The number of amides is 1. The van der Waals surface area contributed by atoms with Crippen LogP contribution in [0.3, 0.4) is 0 Å². The monoisotopic (exact) mass is 352 g/mol. The quantitative estimate of drug-likeness (QED) is 0.726. The number of fused-ring (bicyclic) bond motifs is 1. The van der Waals surface area contributed by atoms with E-state index in [1.54, 1.807) is 34.3 Å². The average molecular weight is 352 g/mol. The van der Waals surface area contributed by atoms with Gasteiger partial charge < -0.3 is 9.64 Å². The lowest BCUT2D eigenvalue weighted by molar-refractivity contribution is -0.131. The zero-order valence-corrected chi connectivity index (χ0v) is 14.0. The second kappa shape index (κ2) is 6.95. The lowest BCUT2D eigenvalue weighted by atomic mass is 10.1. The number of halogens is 1. The Labute approximate surface area is 149 Å². The molecule has 0 spiro atoms. The summed E-state index contributed by atoms with van der Waals surface area (Å²) in [6.07, 6.45) is 3.49. The summed E-state index contributed by atoms with van der Waals surface area (Å²) < 4.78 is 21.4. The maximum atomic E-state index is 14.1. The molecule has 6 nitrogen and oxygen atoms in total. The van der Waals surface area contributed by atoms with E-state index in [1.165, 1.54) is 6.07 Å². The van der Waals surface area contributed by atoms with Crippen LogP contribution >= 0.6 is 0 Å². The molecule has 0 radical (unpaired) electrons. The van der Waals surface area contributed by atoms with Crippen molar-refractivity contribution in [2.45, 2.75) is 13.0 Å². The fraction of sp³-hybridized carbons (Fsp3) is 0.211. The number of hydrogen-bond donors (Lipinski definition) is 0. The van der Waals surface area contributed by atoms with Crippen molar-refractivity contribution in [2.75, 3.05) is 13.2 Å². The summed E-state index contributed by atoms with van der Waals surface area (Å²) in [5.41, 5.74) is 2.25. The molecule has 132 valence electrons. The minimum Gasteiger partial charge on any atom is -0.491 e. The third kappa shape index (κ3) is 3.28. The van der Waals surface area contributed by atoms with Crippen molar-refractivity contribution < 1.29 is 13.9 Å². The normalized spacial score (nSPS) is 13.7. The van der Waals surface area contributed by atoms with Gasteiger partial charge in [-0.2, -0.15) is 0 Å². The fourth-order valence-electron chi connectivity index (χ4n) is 2.98. The van der Waals surface area contributed by atoms with Gasteiger partial charge in [-0.05, 0) is 29.8 Å². The molecule has 2 heterocycles. The van der Waals surface area contributed by atoms with Crippen molar-refractivity contribution in [3.8, 4) is 11.4 Å². The summed E-state index contributed by atoms with van der Waals surface area (Å²) in [7, 11) is 0. The number of carbonyl (C=O) groups excluding carboxylic acids is 1. The number of nitrogens with zero attached hydrogens (tertiary/aromatic N) is 4. The Morgan fingerprint density at radius 2 is 1.88 bits per heavy atom. The first-order chi connectivity index (χ1) is 12.7. The maximum Gasteiger partial charge on any atom is 0.227 e. The van der Waals surface area contributed by atoms with Gasteiger partial charge in [0.1, 0.15) is 30.8 Å². The molecule has 26 heavy (non-hydrogen) atoms. The molecule has 0 aliphatic carbocycles. The molecule has 0 N–H and O–H groups in total. The average Bonchev–Trinajstić information content (AvgIpc) is 3.09. The molecule has 1 aromatic heterocycles. The van der Waals surface area contributed by atoms with Crippen LogP contribution in [0.1, 0.15) is 11.1 Å². The molecule has 0 saturated carbocycles. The molecule has 7 heteroatoms. The van der Waals surface area contributed by atoms with Gasteiger partial charge in [0.25, 0.3) is 0 Å². The summed E-state index contributed by atoms with van der Waals surface area (Å²) >= 11 is 0. The van der Waals surface area contributed by atoms with E-state index in [1.807, 2.05) is 24.3 Å². The fourth-order valence-corrected chi connectivity index (χ4v) is 2.98. The van der Waals surface area contributed by atoms with E-state index in [-0.39, 0.29) is 24.7 Å². The molecule has 4 rings (SSSR count). The van der Waals surface area contributed by atoms with E-state index in [4.69, 9.17) is 4.74 Å². The van der Waals surface area contributed by atoms with Crippen LogP contribution < -0.4 is 4.74 Å². The van der Waals surface area contributed by atoms with E-state index in [2.05, 4.69) is 10.2 Å². The number of hydrogen-bond acceptors (Lipinski definition) is 4. The summed E-state index contributed by atoms with van der Waals surface area (Å²) in [5.74, 6) is 0.112. The lowest BCUT2D eigenvalue weighted by Crippen LogP contribution is -2.33. The van der Waals surface area contributed by atoms with E-state index in [0.717, 1.165) is 11.3 Å². The minimum absolute atomic E-state index is 0.0539. The molecule has 2 aromatic carbocycles. The third-order valence-electron chi connectivity index (χ3n) is 4.40. The Morgan fingerprint density at radius 3 is 2.65 bits per heavy atom. The van der Waals surface area contributed by atoms with Crippen LogP contribution in [-0.2, 0) is 17.8 Å². The van der Waals surface area contributed by atoms with Crippen LogP contribution in [0.2, 0.25) is 0 Å².